The summed E-state index contributed by atoms with van der Waals surface area (Å²) in [5.74, 6) is -0.741. The maximum Gasteiger partial charge on any atom is 0.242 e. The van der Waals surface area contributed by atoms with Crippen LogP contribution in [0.5, 0.6) is 0 Å². The maximum atomic E-state index is 14.0. The second-order valence-corrected chi connectivity index (χ2v) is 16.8. The standard InChI is InChI=1S/C51H72N6O7/c1-39-34-43(58)38-57(39)49(62)30-16-5-3-2-4-6-19-33-54-50(63)45(29-18-21-32-53-36-47(60)41-24-12-8-13-25-41)56-51(64)44(55-37-48(61)42-26-14-9-15-27-42)28-17-20-31-52-35-46(59)40-22-10-7-11-23-40/h7-15,22-27,39,43-45,52-53,55,58H,2-6,16-21,28-38H2,1H3,(H,54,63)(H,56,64)/t39-,43-,44?,45?/m1/s1/i1D. The van der Waals surface area contributed by atoms with Crippen molar-refractivity contribution < 1.29 is 35.2 Å². The number of unbranched alkanes of at least 4 members (excludes halogenated alkanes) is 8. The number of likely N-dealkylation sites (tertiary alicyclic amines) is 1. The summed E-state index contributed by atoms with van der Waals surface area (Å²) in [7, 11) is 0. The molecule has 0 bridgehead atoms. The van der Waals surface area contributed by atoms with E-state index in [4.69, 9.17) is 1.37 Å². The third-order valence-electron chi connectivity index (χ3n) is 11.6. The summed E-state index contributed by atoms with van der Waals surface area (Å²) in [5, 5.41) is 25.5. The van der Waals surface area contributed by atoms with Crippen molar-refractivity contribution in [3.05, 3.63) is 108 Å². The van der Waals surface area contributed by atoms with E-state index in [0.717, 1.165) is 44.9 Å². The van der Waals surface area contributed by atoms with E-state index in [9.17, 15) is 33.9 Å². The van der Waals surface area contributed by atoms with Crippen LogP contribution in [0.2, 0.25) is 0 Å². The number of benzene rings is 3. The van der Waals surface area contributed by atoms with E-state index in [2.05, 4.69) is 26.6 Å². The number of nitrogens with zero attached hydrogens (tertiary/aromatic N) is 1. The lowest BCUT2D eigenvalue weighted by atomic mass is 10.0. The van der Waals surface area contributed by atoms with Gasteiger partial charge in [0.25, 0.3) is 0 Å². The number of hydrogen-bond acceptors (Lipinski definition) is 10. The molecule has 0 aromatic heterocycles. The molecule has 64 heavy (non-hydrogen) atoms. The highest BCUT2D eigenvalue weighted by atomic mass is 16.3. The van der Waals surface area contributed by atoms with Crippen molar-refractivity contribution in [2.45, 2.75) is 127 Å². The number of nitrogens with one attached hydrogen (secondary N) is 5. The number of aliphatic hydroxyl groups is 1. The van der Waals surface area contributed by atoms with Crippen molar-refractivity contribution in [2.75, 3.05) is 45.8 Å². The quantitative estimate of drug-likeness (QED) is 0.0322. The molecule has 1 heterocycles. The molecule has 0 aliphatic carbocycles. The number of amides is 3. The van der Waals surface area contributed by atoms with Crippen LogP contribution in [0.1, 0.15) is 136 Å². The number of carbonyl (C=O) groups excluding carboxylic acids is 6. The van der Waals surface area contributed by atoms with Crippen molar-refractivity contribution in [2.24, 2.45) is 0 Å². The van der Waals surface area contributed by atoms with E-state index in [-0.39, 0.29) is 67.6 Å². The normalized spacial score (nSPS) is 15.8. The average Bonchev–Trinajstić information content (AvgIpc) is 3.73. The Kier molecular flexibility index (Phi) is 23.5. The number of aliphatic hydroxyl groups excluding tert-OH is 1. The van der Waals surface area contributed by atoms with Gasteiger partial charge in [-0.2, -0.15) is 0 Å². The maximum absolute atomic E-state index is 14.0. The second kappa shape index (κ2) is 30.1. The predicted molar refractivity (Wildman–Crippen MR) is 251 cm³/mol. The lowest BCUT2D eigenvalue weighted by Crippen LogP contribution is -2.53. The largest absolute Gasteiger partial charge is 0.391 e. The highest BCUT2D eigenvalue weighted by Crippen LogP contribution is 2.19. The SMILES string of the molecule is [2H]C[C@@H]1C[C@@H](O)CN1C(=O)CCCCCCCCCNC(=O)C(CCCCNCC(=O)c1ccccc1)NC(=O)C(CCCCNCC(=O)c1ccccc1)NCC(=O)c1ccccc1. The van der Waals surface area contributed by atoms with Crippen LogP contribution in [0.25, 0.3) is 0 Å². The number of ketones is 3. The fourth-order valence-electron chi connectivity index (χ4n) is 7.82. The van der Waals surface area contributed by atoms with Crippen LogP contribution in [-0.4, -0.2) is 115 Å². The minimum absolute atomic E-state index is 0.00180. The van der Waals surface area contributed by atoms with E-state index in [0.29, 0.717) is 94.2 Å². The Labute approximate surface area is 381 Å². The zero-order valence-electron chi connectivity index (χ0n) is 38.6. The van der Waals surface area contributed by atoms with Crippen molar-refractivity contribution in [3.8, 4) is 0 Å². The van der Waals surface area contributed by atoms with E-state index < -0.39 is 18.2 Å². The van der Waals surface area contributed by atoms with Gasteiger partial charge in [-0.05, 0) is 71.4 Å². The molecule has 3 amide bonds. The van der Waals surface area contributed by atoms with Gasteiger partial charge in [-0.1, -0.05) is 130 Å². The molecule has 0 saturated carbocycles. The fraction of sp³-hybridized carbons (Fsp3) is 0.529. The lowest BCUT2D eigenvalue weighted by Gasteiger charge is -2.23. The first-order valence-electron chi connectivity index (χ1n) is 24.1. The Bertz CT molecular complexity index is 1870. The molecule has 1 aliphatic heterocycles. The Hall–Kier alpha value is -5.08. The van der Waals surface area contributed by atoms with Gasteiger partial charge in [0.1, 0.15) is 6.04 Å². The van der Waals surface area contributed by atoms with Crippen molar-refractivity contribution >= 4 is 35.1 Å². The van der Waals surface area contributed by atoms with Gasteiger partial charge >= 0.3 is 0 Å². The van der Waals surface area contributed by atoms with Gasteiger partial charge in [-0.15, -0.1) is 0 Å². The van der Waals surface area contributed by atoms with Crippen LogP contribution in [0.15, 0.2) is 91.0 Å². The molecular weight excluding hydrogens is 809 g/mol. The van der Waals surface area contributed by atoms with Gasteiger partial charge in [0.2, 0.25) is 17.7 Å². The van der Waals surface area contributed by atoms with Crippen LogP contribution in [0.4, 0.5) is 0 Å². The number of Topliss-reactive ketones (excluding diaryl/α,β-unsaturated/α-hetero) is 3. The van der Waals surface area contributed by atoms with Crippen LogP contribution in [-0.2, 0) is 14.4 Å². The van der Waals surface area contributed by atoms with E-state index >= 15 is 0 Å². The molecule has 1 aliphatic rings. The predicted octanol–water partition coefficient (Wildman–Crippen LogP) is 5.82. The molecule has 13 nitrogen and oxygen atoms in total. The Morgan fingerprint density at radius 2 is 1.06 bits per heavy atom. The summed E-state index contributed by atoms with van der Waals surface area (Å²) < 4.78 is 7.65. The molecule has 1 fully saturated rings. The number of β-amino-alcohol motifs (C(OH)–C–C–N with tert-alkyl or cyclic N) is 1. The Morgan fingerprint density at radius 1 is 0.594 bits per heavy atom. The van der Waals surface area contributed by atoms with Gasteiger partial charge in [-0.3, -0.25) is 34.1 Å². The molecule has 13 heteroatoms. The highest BCUT2D eigenvalue weighted by molar-refractivity contribution is 5.99. The average molecular weight is 882 g/mol. The molecule has 0 radical (unpaired) electrons. The summed E-state index contributed by atoms with van der Waals surface area (Å²) in [6.45, 7) is 2.43. The van der Waals surface area contributed by atoms with Gasteiger partial charge < -0.3 is 31.3 Å². The van der Waals surface area contributed by atoms with Gasteiger partial charge in [0, 0.05) is 43.6 Å². The first-order valence-corrected chi connectivity index (χ1v) is 23.4. The monoisotopic (exact) mass is 882 g/mol. The summed E-state index contributed by atoms with van der Waals surface area (Å²) in [4.78, 5) is 80.0. The fourth-order valence-corrected chi connectivity index (χ4v) is 7.82. The van der Waals surface area contributed by atoms with Crippen LogP contribution >= 0.6 is 0 Å². The van der Waals surface area contributed by atoms with Gasteiger partial charge in [0.05, 0.1) is 31.8 Å². The van der Waals surface area contributed by atoms with Crippen LogP contribution in [0.3, 0.4) is 0 Å². The molecule has 4 atom stereocenters. The molecule has 1 saturated heterocycles. The van der Waals surface area contributed by atoms with Crippen molar-refractivity contribution in [1.29, 1.82) is 0 Å². The zero-order valence-corrected chi connectivity index (χ0v) is 37.6. The summed E-state index contributed by atoms with van der Waals surface area (Å²) >= 11 is 0. The molecule has 348 valence electrons. The minimum Gasteiger partial charge on any atom is -0.391 e. The Morgan fingerprint density at radius 3 is 1.59 bits per heavy atom. The molecule has 0 spiro atoms. The number of carbonyl (C=O) groups is 6. The Balaban J connectivity index is 1.24. The minimum atomic E-state index is -0.795. The molecular formula is C51H72N6O7. The first kappa shape index (κ1) is 49.9. The topological polar surface area (TPSA) is 186 Å². The third kappa shape index (κ3) is 19.8. The van der Waals surface area contributed by atoms with Gasteiger partial charge in [-0.25, -0.2) is 0 Å². The van der Waals surface area contributed by atoms with E-state index in [1.807, 2.05) is 42.5 Å². The molecule has 3 aromatic carbocycles. The van der Waals surface area contributed by atoms with Crippen LogP contribution < -0.4 is 26.6 Å². The third-order valence-corrected chi connectivity index (χ3v) is 11.6. The molecule has 3 aromatic rings. The number of rotatable bonds is 33. The highest BCUT2D eigenvalue weighted by Gasteiger charge is 2.30. The van der Waals surface area contributed by atoms with Gasteiger partial charge in [0.15, 0.2) is 17.3 Å². The lowest BCUT2D eigenvalue weighted by molar-refractivity contribution is -0.132. The smallest absolute Gasteiger partial charge is 0.242 e. The molecule has 6 N–H and O–H groups in total. The molecule has 2 unspecified atom stereocenters. The summed E-state index contributed by atoms with van der Waals surface area (Å²) in [6.07, 6.45) is 10.3. The first-order chi connectivity index (χ1) is 31.7. The number of hydrogen-bond donors (Lipinski definition) is 6. The van der Waals surface area contributed by atoms with E-state index in [1.54, 1.807) is 53.4 Å². The zero-order chi connectivity index (χ0) is 46.5. The van der Waals surface area contributed by atoms with Crippen molar-refractivity contribution in [3.63, 3.8) is 0 Å². The van der Waals surface area contributed by atoms with Crippen molar-refractivity contribution in [1.82, 2.24) is 31.5 Å². The second-order valence-electron chi connectivity index (χ2n) is 16.8. The van der Waals surface area contributed by atoms with E-state index in [1.165, 1.54) is 0 Å². The summed E-state index contributed by atoms with van der Waals surface area (Å²) in [5.41, 5.74) is 1.83. The summed E-state index contributed by atoms with van der Waals surface area (Å²) in [6, 6.07) is 25.4. The van der Waals surface area contributed by atoms with Crippen LogP contribution in [0, 0.1) is 0 Å². The molecule has 4 rings (SSSR count).